The predicted molar refractivity (Wildman–Crippen MR) is 50.5 cm³/mol. The minimum absolute atomic E-state index is 0.348. The summed E-state index contributed by atoms with van der Waals surface area (Å²) in [6, 6.07) is 0. The summed E-state index contributed by atoms with van der Waals surface area (Å²) in [5.41, 5.74) is 5.60. The predicted octanol–water partition coefficient (Wildman–Crippen LogP) is 2.31. The van der Waals surface area contributed by atoms with Crippen molar-refractivity contribution in [3.05, 3.63) is 12.3 Å². The van der Waals surface area contributed by atoms with Crippen molar-refractivity contribution in [3.63, 3.8) is 0 Å². The molecule has 0 saturated carbocycles. The number of hydrogen-bond acceptors (Lipinski definition) is 1. The molecule has 2 N–H and O–H groups in total. The van der Waals surface area contributed by atoms with Crippen molar-refractivity contribution >= 4 is 5.84 Å². The van der Waals surface area contributed by atoms with Gasteiger partial charge in [-0.15, -0.1) is 0 Å². The number of rotatable bonds is 4. The molecule has 0 rings (SSSR count). The highest BCUT2D eigenvalue weighted by Gasteiger charge is 1.94. The first kappa shape index (κ1) is 10.2. The van der Waals surface area contributed by atoms with Gasteiger partial charge < -0.3 is 5.73 Å². The van der Waals surface area contributed by atoms with E-state index in [4.69, 9.17) is 5.73 Å². The number of unbranched alkanes of at least 4 members (excludes halogenated alkanes) is 1. The van der Waals surface area contributed by atoms with Gasteiger partial charge >= 0.3 is 0 Å². The number of hydrogen-bond donors (Lipinski definition) is 1. The molecular formula is C9H18N2. The first-order chi connectivity index (χ1) is 5.18. The summed E-state index contributed by atoms with van der Waals surface area (Å²) in [7, 11) is 0. The van der Waals surface area contributed by atoms with E-state index in [0.29, 0.717) is 11.8 Å². The summed E-state index contributed by atoms with van der Waals surface area (Å²) in [5.74, 6) is 1.05. The summed E-state index contributed by atoms with van der Waals surface area (Å²) in [4.78, 5) is 4.08. The second-order valence-electron chi connectivity index (χ2n) is 2.88. The molecule has 0 aromatic carbocycles. The molecule has 0 radical (unpaired) electrons. The van der Waals surface area contributed by atoms with Gasteiger partial charge in [-0.1, -0.05) is 33.3 Å². The van der Waals surface area contributed by atoms with Gasteiger partial charge in [0.2, 0.25) is 0 Å². The molecule has 0 atom stereocenters. The van der Waals surface area contributed by atoms with Gasteiger partial charge in [-0.05, 0) is 6.42 Å². The average molecular weight is 154 g/mol. The SMILES string of the molecule is CCC/C=C\N=C(N)C(C)C. The highest BCUT2D eigenvalue weighted by Crippen LogP contribution is 1.93. The van der Waals surface area contributed by atoms with E-state index in [1.165, 1.54) is 0 Å². The van der Waals surface area contributed by atoms with Crippen LogP contribution < -0.4 is 5.73 Å². The van der Waals surface area contributed by atoms with Crippen LogP contribution in [0.5, 0.6) is 0 Å². The van der Waals surface area contributed by atoms with Crippen molar-refractivity contribution in [1.29, 1.82) is 0 Å². The van der Waals surface area contributed by atoms with Gasteiger partial charge in [0.1, 0.15) is 5.84 Å². The number of amidine groups is 1. The van der Waals surface area contributed by atoms with Crippen LogP contribution in [0.15, 0.2) is 17.3 Å². The largest absolute Gasteiger partial charge is 0.387 e. The lowest BCUT2D eigenvalue weighted by atomic mass is 10.2. The molecule has 0 amide bonds. The maximum absolute atomic E-state index is 5.60. The summed E-state index contributed by atoms with van der Waals surface area (Å²) in [6.07, 6.45) is 6.07. The molecule has 0 unspecified atom stereocenters. The fraction of sp³-hybridized carbons (Fsp3) is 0.667. The lowest BCUT2D eigenvalue weighted by Crippen LogP contribution is -2.17. The van der Waals surface area contributed by atoms with Crippen LogP contribution in [0.4, 0.5) is 0 Å². The zero-order valence-corrected chi connectivity index (χ0v) is 7.67. The summed E-state index contributed by atoms with van der Waals surface area (Å²) in [6.45, 7) is 6.21. The smallest absolute Gasteiger partial charge is 0.101 e. The van der Waals surface area contributed by atoms with Gasteiger partial charge in [0.05, 0.1) is 0 Å². The summed E-state index contributed by atoms with van der Waals surface area (Å²) in [5, 5.41) is 0. The molecule has 11 heavy (non-hydrogen) atoms. The van der Waals surface area contributed by atoms with Gasteiger partial charge in [-0.25, -0.2) is 4.99 Å². The lowest BCUT2D eigenvalue weighted by molar-refractivity contribution is 0.871. The Labute approximate surface area is 69.2 Å². The van der Waals surface area contributed by atoms with E-state index < -0.39 is 0 Å². The van der Waals surface area contributed by atoms with Crippen LogP contribution in [0, 0.1) is 5.92 Å². The van der Waals surface area contributed by atoms with E-state index >= 15 is 0 Å². The molecule has 0 aromatic heterocycles. The van der Waals surface area contributed by atoms with E-state index in [0.717, 1.165) is 12.8 Å². The first-order valence-corrected chi connectivity index (χ1v) is 4.16. The molecule has 2 nitrogen and oxygen atoms in total. The van der Waals surface area contributed by atoms with Crippen LogP contribution in [0.2, 0.25) is 0 Å². The maximum Gasteiger partial charge on any atom is 0.101 e. The van der Waals surface area contributed by atoms with Crippen molar-refractivity contribution in [3.8, 4) is 0 Å². The zero-order chi connectivity index (χ0) is 8.69. The molecule has 0 bridgehead atoms. The standard InChI is InChI=1S/C9H18N2/c1-4-5-6-7-11-9(10)8(2)3/h6-8H,4-5H2,1-3H3,(H2,10,11)/b7-6-. The second kappa shape index (κ2) is 5.96. The molecule has 2 heteroatoms. The van der Waals surface area contributed by atoms with E-state index in [9.17, 15) is 0 Å². The minimum atomic E-state index is 0.348. The Balaban J connectivity index is 3.72. The van der Waals surface area contributed by atoms with E-state index in [2.05, 4.69) is 11.9 Å². The van der Waals surface area contributed by atoms with E-state index in [1.54, 1.807) is 6.20 Å². The quantitative estimate of drug-likeness (QED) is 0.489. The third-order valence-electron chi connectivity index (χ3n) is 1.38. The molecular weight excluding hydrogens is 136 g/mol. The van der Waals surface area contributed by atoms with Crippen molar-refractivity contribution in [1.82, 2.24) is 0 Å². The Morgan fingerprint density at radius 1 is 1.55 bits per heavy atom. The van der Waals surface area contributed by atoms with E-state index in [-0.39, 0.29) is 0 Å². The Hall–Kier alpha value is -0.790. The molecule has 0 saturated heterocycles. The van der Waals surface area contributed by atoms with Crippen LogP contribution in [0.3, 0.4) is 0 Å². The molecule has 0 fully saturated rings. The second-order valence-corrected chi connectivity index (χ2v) is 2.88. The zero-order valence-electron chi connectivity index (χ0n) is 7.67. The van der Waals surface area contributed by atoms with Crippen LogP contribution in [-0.2, 0) is 0 Å². The molecule has 0 spiro atoms. The van der Waals surface area contributed by atoms with Crippen molar-refractivity contribution in [2.75, 3.05) is 0 Å². The molecule has 64 valence electrons. The number of aliphatic imine (C=N–C) groups is 1. The average Bonchev–Trinajstić information content (AvgIpc) is 1.97. The van der Waals surface area contributed by atoms with Gasteiger partial charge in [-0.2, -0.15) is 0 Å². The molecule has 0 aromatic rings. The molecule has 0 heterocycles. The fourth-order valence-electron chi connectivity index (χ4n) is 0.529. The fourth-order valence-corrected chi connectivity index (χ4v) is 0.529. The van der Waals surface area contributed by atoms with Gasteiger partial charge in [0.25, 0.3) is 0 Å². The monoisotopic (exact) mass is 154 g/mol. The Morgan fingerprint density at radius 2 is 2.18 bits per heavy atom. The number of nitrogens with two attached hydrogens (primary N) is 1. The van der Waals surface area contributed by atoms with Crippen LogP contribution in [0.25, 0.3) is 0 Å². The molecule has 0 aliphatic heterocycles. The first-order valence-electron chi connectivity index (χ1n) is 4.16. The van der Waals surface area contributed by atoms with Crippen molar-refractivity contribution in [2.24, 2.45) is 16.6 Å². The maximum atomic E-state index is 5.60. The molecule has 0 aliphatic carbocycles. The highest BCUT2D eigenvalue weighted by atomic mass is 14.8. The Kier molecular flexibility index (Phi) is 5.53. The van der Waals surface area contributed by atoms with Gasteiger partial charge in [0, 0.05) is 12.1 Å². The lowest BCUT2D eigenvalue weighted by Gasteiger charge is -1.99. The van der Waals surface area contributed by atoms with Crippen LogP contribution in [-0.4, -0.2) is 5.84 Å². The van der Waals surface area contributed by atoms with Crippen LogP contribution in [0.1, 0.15) is 33.6 Å². The van der Waals surface area contributed by atoms with Crippen molar-refractivity contribution < 1.29 is 0 Å². The highest BCUT2D eigenvalue weighted by molar-refractivity contribution is 5.82. The minimum Gasteiger partial charge on any atom is -0.387 e. The topological polar surface area (TPSA) is 38.4 Å². The van der Waals surface area contributed by atoms with Gasteiger partial charge in [0.15, 0.2) is 0 Å². The summed E-state index contributed by atoms with van der Waals surface area (Å²) < 4.78 is 0. The summed E-state index contributed by atoms with van der Waals surface area (Å²) >= 11 is 0. The normalized spacial score (nSPS) is 13.3. The van der Waals surface area contributed by atoms with Gasteiger partial charge in [-0.3, -0.25) is 0 Å². The van der Waals surface area contributed by atoms with E-state index in [1.807, 2.05) is 19.9 Å². The van der Waals surface area contributed by atoms with Crippen LogP contribution >= 0.6 is 0 Å². The third kappa shape index (κ3) is 5.64. The number of allylic oxidation sites excluding steroid dienone is 1. The Morgan fingerprint density at radius 3 is 2.64 bits per heavy atom. The number of nitrogens with zero attached hydrogens (tertiary/aromatic N) is 1. The molecule has 0 aliphatic rings. The van der Waals surface area contributed by atoms with Crippen molar-refractivity contribution in [2.45, 2.75) is 33.6 Å². The Bertz CT molecular complexity index is 146. The third-order valence-corrected chi connectivity index (χ3v) is 1.38.